The van der Waals surface area contributed by atoms with Crippen molar-refractivity contribution in [1.29, 1.82) is 0 Å². The SMILES string of the molecule is O=c1cc(-c2cccc(Cl)c2)nc(SCc2nc(-c3ccc(F)c(Br)c3)no2)[nH]1. The molecule has 0 aliphatic carbocycles. The summed E-state index contributed by atoms with van der Waals surface area (Å²) in [4.78, 5) is 23.4. The molecule has 0 bridgehead atoms. The Morgan fingerprint density at radius 2 is 2.00 bits per heavy atom. The van der Waals surface area contributed by atoms with Crippen LogP contribution in [0.4, 0.5) is 4.39 Å². The van der Waals surface area contributed by atoms with Gasteiger partial charge in [0.1, 0.15) is 5.82 Å². The fourth-order valence-electron chi connectivity index (χ4n) is 2.50. The smallest absolute Gasteiger partial charge is 0.252 e. The number of nitrogens with one attached hydrogen (secondary N) is 1. The number of nitrogens with zero attached hydrogens (tertiary/aromatic N) is 3. The van der Waals surface area contributed by atoms with Gasteiger partial charge in [0.15, 0.2) is 5.16 Å². The van der Waals surface area contributed by atoms with Crippen LogP contribution in [0.3, 0.4) is 0 Å². The fraction of sp³-hybridized carbons (Fsp3) is 0.0526. The summed E-state index contributed by atoms with van der Waals surface area (Å²) in [5.41, 5.74) is 1.60. The van der Waals surface area contributed by atoms with Gasteiger partial charge < -0.3 is 9.51 Å². The highest BCUT2D eigenvalue weighted by molar-refractivity contribution is 9.10. The standard InChI is InChI=1S/C19H11BrClFN4O2S/c20-13-7-11(4-5-14(13)22)18-25-17(28-26-18)9-29-19-23-15(8-16(27)24-19)10-2-1-3-12(21)6-10/h1-8H,9H2,(H,23,24,27). The van der Waals surface area contributed by atoms with Crippen molar-refractivity contribution in [2.24, 2.45) is 0 Å². The number of thioether (sulfide) groups is 1. The van der Waals surface area contributed by atoms with Crippen molar-refractivity contribution < 1.29 is 8.91 Å². The van der Waals surface area contributed by atoms with Crippen molar-refractivity contribution >= 4 is 39.3 Å². The van der Waals surface area contributed by atoms with E-state index in [1.165, 1.54) is 23.9 Å². The maximum atomic E-state index is 13.4. The van der Waals surface area contributed by atoms with E-state index in [9.17, 15) is 9.18 Å². The van der Waals surface area contributed by atoms with Crippen LogP contribution in [0.5, 0.6) is 0 Å². The van der Waals surface area contributed by atoms with Crippen LogP contribution in [0, 0.1) is 5.82 Å². The number of aromatic nitrogens is 4. The summed E-state index contributed by atoms with van der Waals surface area (Å²) < 4.78 is 18.9. The average molecular weight is 494 g/mol. The van der Waals surface area contributed by atoms with Gasteiger partial charge in [-0.2, -0.15) is 4.98 Å². The van der Waals surface area contributed by atoms with Crippen LogP contribution in [-0.4, -0.2) is 20.1 Å². The van der Waals surface area contributed by atoms with Crippen LogP contribution in [0.1, 0.15) is 5.89 Å². The summed E-state index contributed by atoms with van der Waals surface area (Å²) in [5, 5.41) is 4.89. The second-order valence-corrected chi connectivity index (χ2v) is 8.13. The largest absolute Gasteiger partial charge is 0.338 e. The molecule has 0 fully saturated rings. The van der Waals surface area contributed by atoms with E-state index in [4.69, 9.17) is 16.1 Å². The molecule has 0 saturated carbocycles. The molecule has 1 N–H and O–H groups in total. The van der Waals surface area contributed by atoms with Gasteiger partial charge in [-0.1, -0.05) is 40.7 Å². The van der Waals surface area contributed by atoms with Crippen molar-refractivity contribution in [2.45, 2.75) is 10.9 Å². The molecule has 0 amide bonds. The first-order chi connectivity index (χ1) is 14.0. The zero-order valence-corrected chi connectivity index (χ0v) is 17.7. The van der Waals surface area contributed by atoms with E-state index >= 15 is 0 Å². The summed E-state index contributed by atoms with van der Waals surface area (Å²) in [6.07, 6.45) is 0. The lowest BCUT2D eigenvalue weighted by atomic mass is 10.1. The first-order valence-corrected chi connectivity index (χ1v) is 10.4. The van der Waals surface area contributed by atoms with E-state index in [-0.39, 0.29) is 11.4 Å². The minimum atomic E-state index is -0.373. The quantitative estimate of drug-likeness (QED) is 0.299. The highest BCUT2D eigenvalue weighted by Crippen LogP contribution is 2.26. The van der Waals surface area contributed by atoms with Gasteiger partial charge >= 0.3 is 0 Å². The van der Waals surface area contributed by atoms with Crippen molar-refractivity contribution in [3.8, 4) is 22.6 Å². The Morgan fingerprint density at radius 3 is 2.79 bits per heavy atom. The molecule has 10 heteroatoms. The van der Waals surface area contributed by atoms with Gasteiger partial charge in [0.2, 0.25) is 11.7 Å². The molecule has 6 nitrogen and oxygen atoms in total. The zero-order valence-electron chi connectivity index (χ0n) is 14.5. The Morgan fingerprint density at radius 1 is 1.14 bits per heavy atom. The van der Waals surface area contributed by atoms with Crippen LogP contribution in [0.15, 0.2) is 67.5 Å². The third-order valence-corrected chi connectivity index (χ3v) is 5.52. The van der Waals surface area contributed by atoms with E-state index in [0.717, 1.165) is 5.56 Å². The second kappa shape index (κ2) is 8.48. The Hall–Kier alpha value is -2.49. The molecule has 2 heterocycles. The first kappa shape index (κ1) is 19.8. The molecule has 4 rings (SSSR count). The lowest BCUT2D eigenvalue weighted by molar-refractivity contribution is 0.391. The molecule has 146 valence electrons. The predicted molar refractivity (Wildman–Crippen MR) is 112 cm³/mol. The topological polar surface area (TPSA) is 84.7 Å². The predicted octanol–water partition coefficient (Wildman–Crippen LogP) is 5.33. The minimum Gasteiger partial charge on any atom is -0.338 e. The van der Waals surface area contributed by atoms with Gasteiger partial charge in [-0.05, 0) is 46.3 Å². The number of benzene rings is 2. The van der Waals surface area contributed by atoms with E-state index in [2.05, 4.69) is 36.0 Å². The third-order valence-electron chi connectivity index (χ3n) is 3.82. The van der Waals surface area contributed by atoms with Gasteiger partial charge in [0.25, 0.3) is 5.56 Å². The lowest BCUT2D eigenvalue weighted by Gasteiger charge is -2.03. The average Bonchev–Trinajstić information content (AvgIpc) is 3.17. The van der Waals surface area contributed by atoms with Crippen molar-refractivity contribution in [2.75, 3.05) is 0 Å². The van der Waals surface area contributed by atoms with Crippen molar-refractivity contribution in [3.63, 3.8) is 0 Å². The summed E-state index contributed by atoms with van der Waals surface area (Å²) in [6.45, 7) is 0. The Labute approximate surface area is 181 Å². The molecule has 0 spiro atoms. The van der Waals surface area contributed by atoms with Gasteiger partial charge in [0, 0.05) is 22.2 Å². The van der Waals surface area contributed by atoms with Gasteiger partial charge in [-0.15, -0.1) is 0 Å². The number of hydrogen-bond acceptors (Lipinski definition) is 6. The number of rotatable bonds is 5. The van der Waals surface area contributed by atoms with Crippen LogP contribution >= 0.6 is 39.3 Å². The van der Waals surface area contributed by atoms with Crippen molar-refractivity contribution in [1.82, 2.24) is 20.1 Å². The monoisotopic (exact) mass is 492 g/mol. The summed E-state index contributed by atoms with van der Waals surface area (Å²) >= 11 is 10.4. The molecule has 0 radical (unpaired) electrons. The fourth-order valence-corrected chi connectivity index (χ4v) is 3.78. The van der Waals surface area contributed by atoms with Gasteiger partial charge in [0.05, 0.1) is 15.9 Å². The number of H-pyrrole nitrogens is 1. The Kier molecular flexibility index (Phi) is 5.79. The second-order valence-electron chi connectivity index (χ2n) is 5.88. The molecule has 4 aromatic rings. The number of hydrogen-bond donors (Lipinski definition) is 1. The van der Waals surface area contributed by atoms with Crippen LogP contribution in [-0.2, 0) is 5.75 Å². The molecule has 2 aromatic carbocycles. The molecule has 0 aliphatic heterocycles. The molecule has 0 unspecified atom stereocenters. The zero-order chi connectivity index (χ0) is 20.4. The molecule has 0 aliphatic rings. The van der Waals surface area contributed by atoms with Crippen LogP contribution in [0.2, 0.25) is 5.02 Å². The maximum absolute atomic E-state index is 13.4. The number of aromatic amines is 1. The van der Waals surface area contributed by atoms with E-state index in [1.54, 1.807) is 30.3 Å². The normalized spacial score (nSPS) is 11.0. The van der Waals surface area contributed by atoms with E-state index in [1.807, 2.05) is 6.07 Å². The Balaban J connectivity index is 1.52. The van der Waals surface area contributed by atoms with Crippen LogP contribution < -0.4 is 5.56 Å². The van der Waals surface area contributed by atoms with E-state index < -0.39 is 0 Å². The molecule has 2 aromatic heterocycles. The minimum absolute atomic E-state index is 0.278. The summed E-state index contributed by atoms with van der Waals surface area (Å²) in [7, 11) is 0. The highest BCUT2D eigenvalue weighted by Gasteiger charge is 2.12. The Bertz CT molecular complexity index is 1250. The summed E-state index contributed by atoms with van der Waals surface area (Å²) in [6, 6.07) is 13.0. The lowest BCUT2D eigenvalue weighted by Crippen LogP contribution is -2.08. The number of halogens is 3. The maximum Gasteiger partial charge on any atom is 0.252 e. The first-order valence-electron chi connectivity index (χ1n) is 8.26. The molecule has 0 saturated heterocycles. The summed E-state index contributed by atoms with van der Waals surface area (Å²) in [5.74, 6) is 0.622. The van der Waals surface area contributed by atoms with E-state index in [0.29, 0.717) is 43.4 Å². The van der Waals surface area contributed by atoms with Gasteiger partial charge in [-0.25, -0.2) is 9.37 Å². The highest BCUT2D eigenvalue weighted by atomic mass is 79.9. The molecule has 29 heavy (non-hydrogen) atoms. The molecule has 0 atom stereocenters. The third kappa shape index (κ3) is 4.75. The van der Waals surface area contributed by atoms with Crippen molar-refractivity contribution in [3.05, 3.63) is 80.1 Å². The molecular weight excluding hydrogens is 483 g/mol. The van der Waals surface area contributed by atoms with Gasteiger partial charge in [-0.3, -0.25) is 4.79 Å². The van der Waals surface area contributed by atoms with Crippen LogP contribution in [0.25, 0.3) is 22.6 Å². The molecular formula is C19H11BrClFN4O2S.